The van der Waals surface area contributed by atoms with Crippen LogP contribution in [0, 0.1) is 11.7 Å². The summed E-state index contributed by atoms with van der Waals surface area (Å²) in [6, 6.07) is 16.2. The Morgan fingerprint density at radius 2 is 1.85 bits per heavy atom. The highest BCUT2D eigenvalue weighted by atomic mass is 35.5. The van der Waals surface area contributed by atoms with E-state index < -0.39 is 5.82 Å². The number of likely N-dealkylation sites (tertiary alicyclic amines) is 1. The van der Waals surface area contributed by atoms with Gasteiger partial charge in [-0.05, 0) is 60.4 Å². The lowest BCUT2D eigenvalue weighted by Gasteiger charge is -2.40. The minimum absolute atomic E-state index is 0.0247. The number of hydrogen-bond donors (Lipinski definition) is 0. The number of carbonyl (C=O) groups is 2. The van der Waals surface area contributed by atoms with Crippen molar-refractivity contribution in [1.82, 2.24) is 9.80 Å². The van der Waals surface area contributed by atoms with Gasteiger partial charge in [0.05, 0.1) is 10.6 Å². The fourth-order valence-electron chi connectivity index (χ4n) is 4.51. The van der Waals surface area contributed by atoms with Crippen LogP contribution < -0.4 is 0 Å². The maximum atomic E-state index is 13.5. The fourth-order valence-corrected chi connectivity index (χ4v) is 5.33. The SMILES string of the molecule is CN(C(=O)c1ccsc1)C(Cc1ccccc1)C1CCN(C(=O)c2ccc(F)c(Cl)c2)CC1. The molecule has 0 N–H and O–H groups in total. The van der Waals surface area contributed by atoms with E-state index in [-0.39, 0.29) is 28.8 Å². The van der Waals surface area contributed by atoms with Crippen molar-refractivity contribution in [2.45, 2.75) is 25.3 Å². The number of carbonyl (C=O) groups excluding carboxylic acids is 2. The molecule has 4 rings (SSSR count). The molecule has 2 heterocycles. The minimum atomic E-state index is -0.533. The summed E-state index contributed by atoms with van der Waals surface area (Å²) < 4.78 is 13.5. The van der Waals surface area contributed by atoms with Gasteiger partial charge in [-0.15, -0.1) is 0 Å². The Balaban J connectivity index is 1.48. The molecule has 1 aliphatic rings. The van der Waals surface area contributed by atoms with E-state index in [1.165, 1.54) is 35.1 Å². The van der Waals surface area contributed by atoms with Crippen LogP contribution in [0.5, 0.6) is 0 Å². The number of rotatable bonds is 6. The molecule has 0 spiro atoms. The van der Waals surface area contributed by atoms with Crippen LogP contribution in [-0.2, 0) is 6.42 Å². The molecule has 7 heteroatoms. The van der Waals surface area contributed by atoms with Crippen molar-refractivity contribution in [1.29, 1.82) is 0 Å². The number of likely N-dealkylation sites (N-methyl/N-ethyl adjacent to an activating group) is 1. The van der Waals surface area contributed by atoms with Gasteiger partial charge < -0.3 is 9.80 Å². The number of amides is 2. The molecule has 2 aromatic carbocycles. The number of piperidine rings is 1. The maximum absolute atomic E-state index is 13.5. The lowest BCUT2D eigenvalue weighted by Crippen LogP contribution is -2.48. The molecule has 172 valence electrons. The van der Waals surface area contributed by atoms with Crippen LogP contribution in [0.25, 0.3) is 0 Å². The van der Waals surface area contributed by atoms with E-state index in [2.05, 4.69) is 12.1 Å². The zero-order valence-electron chi connectivity index (χ0n) is 18.4. The largest absolute Gasteiger partial charge is 0.339 e. The van der Waals surface area contributed by atoms with Crippen LogP contribution >= 0.6 is 22.9 Å². The smallest absolute Gasteiger partial charge is 0.254 e. The molecule has 1 aliphatic heterocycles. The van der Waals surface area contributed by atoms with Crippen molar-refractivity contribution in [3.05, 3.63) is 92.9 Å². The number of hydrogen-bond acceptors (Lipinski definition) is 3. The lowest BCUT2D eigenvalue weighted by atomic mass is 9.84. The Morgan fingerprint density at radius 3 is 2.48 bits per heavy atom. The molecule has 1 saturated heterocycles. The van der Waals surface area contributed by atoms with Crippen molar-refractivity contribution in [3.8, 4) is 0 Å². The zero-order chi connectivity index (χ0) is 23.4. The van der Waals surface area contributed by atoms with Gasteiger partial charge in [-0.1, -0.05) is 41.9 Å². The first-order valence-corrected chi connectivity index (χ1v) is 12.3. The van der Waals surface area contributed by atoms with Crippen molar-refractivity contribution < 1.29 is 14.0 Å². The first-order chi connectivity index (χ1) is 15.9. The van der Waals surface area contributed by atoms with Crippen molar-refractivity contribution in [2.24, 2.45) is 5.92 Å². The predicted octanol–water partition coefficient (Wildman–Crippen LogP) is 5.78. The van der Waals surface area contributed by atoms with Crippen LogP contribution in [0.4, 0.5) is 4.39 Å². The average molecular weight is 485 g/mol. The molecule has 1 atom stereocenters. The summed E-state index contributed by atoms with van der Waals surface area (Å²) >= 11 is 7.38. The van der Waals surface area contributed by atoms with Gasteiger partial charge in [0, 0.05) is 37.1 Å². The highest BCUT2D eigenvalue weighted by Crippen LogP contribution is 2.29. The van der Waals surface area contributed by atoms with Gasteiger partial charge in [0.2, 0.25) is 0 Å². The van der Waals surface area contributed by atoms with Gasteiger partial charge in [0.1, 0.15) is 5.82 Å². The molecule has 1 aromatic heterocycles. The van der Waals surface area contributed by atoms with Crippen LogP contribution in [0.1, 0.15) is 39.1 Å². The first kappa shape index (κ1) is 23.5. The minimum Gasteiger partial charge on any atom is -0.339 e. The summed E-state index contributed by atoms with van der Waals surface area (Å²) in [7, 11) is 1.88. The quantitative estimate of drug-likeness (QED) is 0.445. The Hall–Kier alpha value is -2.70. The van der Waals surface area contributed by atoms with Gasteiger partial charge in [-0.25, -0.2) is 4.39 Å². The molecular weight excluding hydrogens is 459 g/mol. The Labute approximate surface area is 202 Å². The van der Waals surface area contributed by atoms with Crippen LogP contribution in [-0.4, -0.2) is 47.8 Å². The van der Waals surface area contributed by atoms with E-state index in [0.717, 1.165) is 19.3 Å². The topological polar surface area (TPSA) is 40.6 Å². The zero-order valence-corrected chi connectivity index (χ0v) is 20.0. The standard InChI is InChI=1S/C26H26ClFN2O2S/c1-29(25(31)21-11-14-33-17-21)24(15-18-5-3-2-4-6-18)19-9-12-30(13-10-19)26(32)20-7-8-23(28)22(27)16-20/h2-8,11,14,16-17,19,24H,9-10,12-13,15H2,1H3. The summed E-state index contributed by atoms with van der Waals surface area (Å²) in [6.07, 6.45) is 2.35. The van der Waals surface area contributed by atoms with E-state index in [4.69, 9.17) is 11.6 Å². The van der Waals surface area contributed by atoms with E-state index in [9.17, 15) is 14.0 Å². The molecule has 33 heavy (non-hydrogen) atoms. The van der Waals surface area contributed by atoms with E-state index in [1.54, 1.807) is 4.90 Å². The number of thiophene rings is 1. The molecule has 0 radical (unpaired) electrons. The molecule has 1 unspecified atom stereocenters. The highest BCUT2D eigenvalue weighted by Gasteiger charge is 2.33. The van der Waals surface area contributed by atoms with Gasteiger partial charge in [-0.2, -0.15) is 11.3 Å². The Morgan fingerprint density at radius 1 is 1.12 bits per heavy atom. The van der Waals surface area contributed by atoms with Crippen molar-refractivity contribution in [3.63, 3.8) is 0 Å². The molecule has 1 fully saturated rings. The Kier molecular flexibility index (Phi) is 7.46. The van der Waals surface area contributed by atoms with E-state index in [1.807, 2.05) is 47.0 Å². The highest BCUT2D eigenvalue weighted by molar-refractivity contribution is 7.08. The third-order valence-electron chi connectivity index (χ3n) is 6.41. The first-order valence-electron chi connectivity index (χ1n) is 11.0. The van der Waals surface area contributed by atoms with Crippen molar-refractivity contribution >= 4 is 34.8 Å². The number of benzene rings is 2. The average Bonchev–Trinajstić information content (AvgIpc) is 3.39. The Bertz CT molecular complexity index is 1100. The normalized spacial score (nSPS) is 15.3. The number of halogens is 2. The molecule has 3 aromatic rings. The molecule has 4 nitrogen and oxygen atoms in total. The van der Waals surface area contributed by atoms with Crippen LogP contribution in [0.15, 0.2) is 65.4 Å². The summed E-state index contributed by atoms with van der Waals surface area (Å²) in [5, 5.41) is 3.75. The van der Waals surface area contributed by atoms with Crippen LogP contribution in [0.3, 0.4) is 0 Å². The maximum Gasteiger partial charge on any atom is 0.254 e. The molecule has 0 aliphatic carbocycles. The molecule has 2 amide bonds. The van der Waals surface area contributed by atoms with Crippen LogP contribution in [0.2, 0.25) is 5.02 Å². The fraction of sp³-hybridized carbons (Fsp3) is 0.308. The predicted molar refractivity (Wildman–Crippen MR) is 130 cm³/mol. The van der Waals surface area contributed by atoms with Gasteiger partial charge in [0.15, 0.2) is 0 Å². The van der Waals surface area contributed by atoms with Crippen molar-refractivity contribution in [2.75, 3.05) is 20.1 Å². The second-order valence-electron chi connectivity index (χ2n) is 8.44. The third-order valence-corrected chi connectivity index (χ3v) is 7.38. The monoisotopic (exact) mass is 484 g/mol. The number of nitrogens with zero attached hydrogens (tertiary/aromatic N) is 2. The molecular formula is C26H26ClFN2O2S. The lowest BCUT2D eigenvalue weighted by molar-refractivity contribution is 0.0522. The summed E-state index contributed by atoms with van der Waals surface area (Å²) in [5.74, 6) is -0.387. The molecule has 0 saturated carbocycles. The summed E-state index contributed by atoms with van der Waals surface area (Å²) in [6.45, 7) is 1.18. The summed E-state index contributed by atoms with van der Waals surface area (Å²) in [4.78, 5) is 29.7. The second kappa shape index (κ2) is 10.5. The third kappa shape index (κ3) is 5.45. The van der Waals surface area contributed by atoms with Gasteiger partial charge >= 0.3 is 0 Å². The van der Waals surface area contributed by atoms with E-state index in [0.29, 0.717) is 24.2 Å². The second-order valence-corrected chi connectivity index (χ2v) is 9.63. The van der Waals surface area contributed by atoms with Gasteiger partial charge in [-0.3, -0.25) is 9.59 Å². The summed E-state index contributed by atoms with van der Waals surface area (Å²) in [5.41, 5.74) is 2.29. The van der Waals surface area contributed by atoms with E-state index >= 15 is 0 Å². The van der Waals surface area contributed by atoms with Gasteiger partial charge in [0.25, 0.3) is 11.8 Å². The molecule has 0 bridgehead atoms.